The van der Waals surface area contributed by atoms with Crippen LogP contribution in [-0.2, 0) is 13.0 Å². The number of hydrogen-bond acceptors (Lipinski definition) is 5. The van der Waals surface area contributed by atoms with Crippen molar-refractivity contribution in [1.82, 2.24) is 15.5 Å². The van der Waals surface area contributed by atoms with Gasteiger partial charge >= 0.3 is 0 Å². The van der Waals surface area contributed by atoms with Crippen molar-refractivity contribution in [2.75, 3.05) is 7.05 Å². The summed E-state index contributed by atoms with van der Waals surface area (Å²) in [6.45, 7) is 6.42. The number of nitrogens with zero attached hydrogens (tertiary/aromatic N) is 2. The highest BCUT2D eigenvalue weighted by atomic mass is 16.5. The lowest BCUT2D eigenvalue weighted by molar-refractivity contribution is 0.239. The summed E-state index contributed by atoms with van der Waals surface area (Å²) in [5.41, 5.74) is 2.28. The first-order chi connectivity index (χ1) is 9.63. The van der Waals surface area contributed by atoms with Gasteiger partial charge in [-0.3, -0.25) is 0 Å². The molecule has 0 bridgehead atoms. The highest BCUT2D eigenvalue weighted by Gasteiger charge is 2.12. The van der Waals surface area contributed by atoms with Crippen LogP contribution in [0.2, 0.25) is 0 Å². The Balaban J connectivity index is 2.13. The molecule has 1 N–H and O–H groups in total. The quantitative estimate of drug-likeness (QED) is 0.878. The second kappa shape index (κ2) is 6.52. The van der Waals surface area contributed by atoms with E-state index in [1.54, 1.807) is 0 Å². The van der Waals surface area contributed by atoms with Crippen molar-refractivity contribution in [2.45, 2.75) is 39.8 Å². The maximum Gasteiger partial charge on any atom is 0.264 e. The predicted octanol–water partition coefficient (Wildman–Crippen LogP) is 2.80. The van der Waals surface area contributed by atoms with Crippen LogP contribution in [0.4, 0.5) is 0 Å². The first-order valence-electron chi connectivity index (χ1n) is 6.86. The maximum absolute atomic E-state index is 5.85. The first-order valence-corrected chi connectivity index (χ1v) is 6.86. The zero-order valence-electron chi connectivity index (χ0n) is 12.4. The minimum absolute atomic E-state index is 0.222. The Hall–Kier alpha value is -1.88. The molecule has 108 valence electrons. The van der Waals surface area contributed by atoms with Gasteiger partial charge in [0.05, 0.1) is 0 Å². The van der Waals surface area contributed by atoms with Gasteiger partial charge in [0, 0.05) is 18.0 Å². The molecule has 2 aromatic rings. The van der Waals surface area contributed by atoms with Gasteiger partial charge in [-0.05, 0) is 32.5 Å². The van der Waals surface area contributed by atoms with E-state index < -0.39 is 0 Å². The minimum atomic E-state index is 0.222. The Labute approximate surface area is 119 Å². The fourth-order valence-corrected chi connectivity index (χ4v) is 1.91. The molecule has 0 radical (unpaired) electrons. The highest BCUT2D eigenvalue weighted by Crippen LogP contribution is 2.26. The topological polar surface area (TPSA) is 60.2 Å². The largest absolute Gasteiger partial charge is 0.483 e. The molecule has 1 aromatic carbocycles. The smallest absolute Gasteiger partial charge is 0.264 e. The molecule has 0 amide bonds. The van der Waals surface area contributed by atoms with Crippen LogP contribution in [0.5, 0.6) is 5.75 Å². The zero-order chi connectivity index (χ0) is 14.5. The predicted molar refractivity (Wildman–Crippen MR) is 76.7 cm³/mol. The van der Waals surface area contributed by atoms with Crippen LogP contribution < -0.4 is 10.1 Å². The summed E-state index contributed by atoms with van der Waals surface area (Å²) >= 11 is 0. The van der Waals surface area contributed by atoms with E-state index in [1.165, 1.54) is 0 Å². The number of aromatic nitrogens is 2. The Morgan fingerprint density at radius 1 is 1.40 bits per heavy atom. The van der Waals surface area contributed by atoms with E-state index in [0.29, 0.717) is 18.3 Å². The number of rotatable bonds is 6. The number of aryl methyl sites for hydroxylation is 2. The Kier molecular flexibility index (Phi) is 4.74. The molecule has 0 aliphatic rings. The van der Waals surface area contributed by atoms with Crippen molar-refractivity contribution in [1.29, 1.82) is 0 Å². The molecular weight excluding hydrogens is 254 g/mol. The number of ether oxygens (including phenoxy) is 1. The Morgan fingerprint density at radius 3 is 2.85 bits per heavy atom. The summed E-state index contributed by atoms with van der Waals surface area (Å²) in [5, 5.41) is 7.08. The van der Waals surface area contributed by atoms with Crippen LogP contribution in [0.15, 0.2) is 22.7 Å². The minimum Gasteiger partial charge on any atom is -0.483 e. The second-order valence-electron chi connectivity index (χ2n) is 4.80. The molecule has 0 aliphatic heterocycles. The first kappa shape index (κ1) is 14.5. The summed E-state index contributed by atoms with van der Waals surface area (Å²) in [5.74, 6) is 2.06. The van der Waals surface area contributed by atoms with Gasteiger partial charge < -0.3 is 14.6 Å². The Morgan fingerprint density at radius 2 is 2.20 bits per heavy atom. The van der Waals surface area contributed by atoms with E-state index in [4.69, 9.17) is 9.26 Å². The average Bonchev–Trinajstić information content (AvgIpc) is 2.92. The molecule has 20 heavy (non-hydrogen) atoms. The van der Waals surface area contributed by atoms with E-state index in [-0.39, 0.29) is 6.04 Å². The number of nitrogens with one attached hydrogen (secondary N) is 1. The molecule has 5 nitrogen and oxygen atoms in total. The monoisotopic (exact) mass is 275 g/mol. The SMILES string of the molecule is CCc1noc(COc2cc(C)ccc2C(C)NC)n1. The molecule has 1 heterocycles. The maximum atomic E-state index is 5.85. The summed E-state index contributed by atoms with van der Waals surface area (Å²) in [4.78, 5) is 4.24. The summed E-state index contributed by atoms with van der Waals surface area (Å²) in [6.07, 6.45) is 0.760. The van der Waals surface area contributed by atoms with Gasteiger partial charge in [0.1, 0.15) is 5.75 Å². The summed E-state index contributed by atoms with van der Waals surface area (Å²) in [7, 11) is 1.93. The molecule has 2 rings (SSSR count). The molecule has 0 saturated carbocycles. The van der Waals surface area contributed by atoms with E-state index in [1.807, 2.05) is 27.0 Å². The Bertz CT molecular complexity index is 566. The zero-order valence-corrected chi connectivity index (χ0v) is 12.4. The molecule has 1 aromatic heterocycles. The van der Waals surface area contributed by atoms with Crippen LogP contribution in [0.25, 0.3) is 0 Å². The van der Waals surface area contributed by atoms with Gasteiger partial charge in [-0.15, -0.1) is 0 Å². The summed E-state index contributed by atoms with van der Waals surface area (Å²) in [6, 6.07) is 6.41. The van der Waals surface area contributed by atoms with E-state index >= 15 is 0 Å². The van der Waals surface area contributed by atoms with Crippen molar-refractivity contribution in [3.8, 4) is 5.75 Å². The number of benzene rings is 1. The molecule has 1 atom stereocenters. The molecule has 5 heteroatoms. The fraction of sp³-hybridized carbons (Fsp3) is 0.467. The second-order valence-corrected chi connectivity index (χ2v) is 4.80. The van der Waals surface area contributed by atoms with E-state index in [2.05, 4.69) is 34.5 Å². The van der Waals surface area contributed by atoms with Gasteiger partial charge in [-0.1, -0.05) is 24.2 Å². The molecule has 0 fully saturated rings. The molecule has 0 aliphatic carbocycles. The third kappa shape index (κ3) is 3.36. The van der Waals surface area contributed by atoms with Crippen molar-refractivity contribution in [3.05, 3.63) is 41.0 Å². The van der Waals surface area contributed by atoms with Crippen molar-refractivity contribution in [2.24, 2.45) is 0 Å². The lowest BCUT2D eigenvalue weighted by Crippen LogP contribution is -2.14. The standard InChI is InChI=1S/C15H21N3O2/c1-5-14-17-15(20-18-14)9-19-13-8-10(2)6-7-12(13)11(3)16-4/h6-8,11,16H,5,9H2,1-4H3. The van der Waals surface area contributed by atoms with Gasteiger partial charge in [0.2, 0.25) is 0 Å². The third-order valence-corrected chi connectivity index (χ3v) is 3.25. The van der Waals surface area contributed by atoms with Crippen LogP contribution in [0.1, 0.15) is 42.7 Å². The van der Waals surface area contributed by atoms with E-state index in [0.717, 1.165) is 23.3 Å². The normalized spacial score (nSPS) is 12.4. The highest BCUT2D eigenvalue weighted by molar-refractivity contribution is 5.39. The van der Waals surface area contributed by atoms with E-state index in [9.17, 15) is 0 Å². The fourth-order valence-electron chi connectivity index (χ4n) is 1.91. The van der Waals surface area contributed by atoms with Gasteiger partial charge in [-0.25, -0.2) is 0 Å². The summed E-state index contributed by atoms with van der Waals surface area (Å²) < 4.78 is 11.0. The van der Waals surface area contributed by atoms with Crippen molar-refractivity contribution < 1.29 is 9.26 Å². The average molecular weight is 275 g/mol. The lowest BCUT2D eigenvalue weighted by atomic mass is 10.1. The van der Waals surface area contributed by atoms with Gasteiger partial charge in [0.25, 0.3) is 5.89 Å². The molecular formula is C15H21N3O2. The van der Waals surface area contributed by atoms with Crippen molar-refractivity contribution in [3.63, 3.8) is 0 Å². The van der Waals surface area contributed by atoms with Crippen molar-refractivity contribution >= 4 is 0 Å². The third-order valence-electron chi connectivity index (χ3n) is 3.25. The molecule has 0 spiro atoms. The van der Waals surface area contributed by atoms with Gasteiger partial charge in [0.15, 0.2) is 12.4 Å². The van der Waals surface area contributed by atoms with Crippen LogP contribution in [0, 0.1) is 6.92 Å². The molecule has 1 unspecified atom stereocenters. The van der Waals surface area contributed by atoms with Crippen LogP contribution in [0.3, 0.4) is 0 Å². The number of hydrogen-bond donors (Lipinski definition) is 1. The molecule has 0 saturated heterocycles. The van der Waals surface area contributed by atoms with Crippen LogP contribution >= 0.6 is 0 Å². The lowest BCUT2D eigenvalue weighted by Gasteiger charge is -2.16. The van der Waals surface area contributed by atoms with Gasteiger partial charge in [-0.2, -0.15) is 4.98 Å². The van der Waals surface area contributed by atoms with Crippen LogP contribution in [-0.4, -0.2) is 17.2 Å².